The van der Waals surface area contributed by atoms with Crippen molar-refractivity contribution in [3.63, 3.8) is 0 Å². The minimum absolute atomic E-state index is 0.127. The van der Waals surface area contributed by atoms with Crippen LogP contribution >= 0.6 is 0 Å². The highest BCUT2D eigenvalue weighted by Gasteiger charge is 2.31. The highest BCUT2D eigenvalue weighted by molar-refractivity contribution is 7.89. The van der Waals surface area contributed by atoms with Crippen molar-refractivity contribution in [1.82, 2.24) is 10.0 Å². The fourth-order valence-corrected chi connectivity index (χ4v) is 3.28. The molecule has 0 aromatic rings. The molecular weight excluding hydrogens is 240 g/mol. The van der Waals surface area contributed by atoms with Crippen LogP contribution in [0.25, 0.3) is 0 Å². The van der Waals surface area contributed by atoms with Crippen LogP contribution in [0.3, 0.4) is 0 Å². The quantitative estimate of drug-likeness (QED) is 0.732. The molecule has 2 N–H and O–H groups in total. The fourth-order valence-electron chi connectivity index (χ4n) is 1.83. The van der Waals surface area contributed by atoms with Gasteiger partial charge in [0.15, 0.2) is 0 Å². The van der Waals surface area contributed by atoms with Crippen LogP contribution in [0.15, 0.2) is 0 Å². The molecule has 0 aliphatic carbocycles. The Morgan fingerprint density at radius 1 is 1.29 bits per heavy atom. The summed E-state index contributed by atoms with van der Waals surface area (Å²) in [6.45, 7) is 7.69. The summed E-state index contributed by atoms with van der Waals surface area (Å²) in [7, 11) is -3.20. The zero-order valence-electron chi connectivity index (χ0n) is 11.0. The van der Waals surface area contributed by atoms with Crippen LogP contribution < -0.4 is 10.0 Å². The van der Waals surface area contributed by atoms with Crippen molar-refractivity contribution in [2.75, 3.05) is 25.5 Å². The lowest BCUT2D eigenvalue weighted by atomic mass is 9.94. The van der Waals surface area contributed by atoms with E-state index in [0.29, 0.717) is 25.8 Å². The van der Waals surface area contributed by atoms with Crippen molar-refractivity contribution in [3.8, 4) is 0 Å². The Morgan fingerprint density at radius 2 is 1.88 bits per heavy atom. The summed E-state index contributed by atoms with van der Waals surface area (Å²) >= 11 is 0. The second kappa shape index (κ2) is 6.13. The third-order valence-corrected chi connectivity index (χ3v) is 4.47. The van der Waals surface area contributed by atoms with E-state index >= 15 is 0 Å². The lowest BCUT2D eigenvalue weighted by molar-refractivity contribution is 0.0537. The maximum Gasteiger partial charge on any atom is 0.213 e. The molecule has 1 aliphatic heterocycles. The first-order chi connectivity index (χ1) is 7.83. The van der Waals surface area contributed by atoms with Crippen LogP contribution in [0.1, 0.15) is 33.6 Å². The van der Waals surface area contributed by atoms with E-state index in [-0.39, 0.29) is 11.3 Å². The van der Waals surface area contributed by atoms with E-state index < -0.39 is 10.0 Å². The maximum absolute atomic E-state index is 11.9. The van der Waals surface area contributed by atoms with Gasteiger partial charge in [-0.3, -0.25) is 0 Å². The van der Waals surface area contributed by atoms with Gasteiger partial charge < -0.3 is 10.1 Å². The standard InChI is InChI=1S/C11H24N2O3S/c1-10(2)12-6-9-17(14,15)13-11(3)4-7-16-8-5-11/h10,12-13H,4-9H2,1-3H3. The zero-order chi connectivity index (χ0) is 12.9. The molecule has 102 valence electrons. The van der Waals surface area contributed by atoms with E-state index in [9.17, 15) is 8.42 Å². The first-order valence-corrected chi connectivity index (χ1v) is 7.81. The molecule has 1 rings (SSSR count). The molecule has 0 radical (unpaired) electrons. The first-order valence-electron chi connectivity index (χ1n) is 6.16. The first kappa shape index (κ1) is 14.9. The number of hydrogen-bond donors (Lipinski definition) is 2. The molecule has 1 fully saturated rings. The topological polar surface area (TPSA) is 67.4 Å². The van der Waals surface area contributed by atoms with E-state index in [1.165, 1.54) is 0 Å². The molecule has 0 unspecified atom stereocenters. The molecule has 5 nitrogen and oxygen atoms in total. The molecule has 0 aromatic heterocycles. The summed E-state index contributed by atoms with van der Waals surface area (Å²) in [5.41, 5.74) is -0.338. The molecule has 17 heavy (non-hydrogen) atoms. The van der Waals surface area contributed by atoms with Gasteiger partial charge in [-0.15, -0.1) is 0 Å². The third-order valence-electron chi connectivity index (χ3n) is 2.92. The lowest BCUT2D eigenvalue weighted by Gasteiger charge is -2.34. The van der Waals surface area contributed by atoms with Crippen molar-refractivity contribution in [3.05, 3.63) is 0 Å². The molecule has 1 aliphatic rings. The van der Waals surface area contributed by atoms with Crippen LogP contribution in [0.4, 0.5) is 0 Å². The molecular formula is C11H24N2O3S. The normalized spacial score (nSPS) is 20.7. The second-order valence-electron chi connectivity index (χ2n) is 5.20. The SMILES string of the molecule is CC(C)NCCS(=O)(=O)NC1(C)CCOCC1. The Hall–Kier alpha value is -0.170. The highest BCUT2D eigenvalue weighted by atomic mass is 32.2. The Bertz CT molecular complexity index is 322. The molecule has 0 atom stereocenters. The van der Waals surface area contributed by atoms with Gasteiger partial charge in [0.25, 0.3) is 0 Å². The smallest absolute Gasteiger partial charge is 0.213 e. The molecule has 0 saturated carbocycles. The van der Waals surface area contributed by atoms with Crippen LogP contribution in [0.5, 0.6) is 0 Å². The Morgan fingerprint density at radius 3 is 2.41 bits per heavy atom. The minimum atomic E-state index is -3.20. The predicted octanol–water partition coefficient (Wildman–Crippen LogP) is 0.473. The van der Waals surface area contributed by atoms with E-state index in [2.05, 4.69) is 10.0 Å². The Balaban J connectivity index is 2.42. The molecule has 0 aromatic carbocycles. The van der Waals surface area contributed by atoms with Gasteiger partial charge in [0, 0.05) is 31.3 Å². The predicted molar refractivity (Wildman–Crippen MR) is 68.5 cm³/mol. The largest absolute Gasteiger partial charge is 0.381 e. The zero-order valence-corrected chi connectivity index (χ0v) is 11.8. The van der Waals surface area contributed by atoms with Gasteiger partial charge in [0.05, 0.1) is 5.75 Å². The van der Waals surface area contributed by atoms with Gasteiger partial charge in [0.2, 0.25) is 10.0 Å². The number of hydrogen-bond acceptors (Lipinski definition) is 4. The monoisotopic (exact) mass is 264 g/mol. The van der Waals surface area contributed by atoms with Crippen LogP contribution in [-0.4, -0.2) is 45.5 Å². The van der Waals surface area contributed by atoms with E-state index in [0.717, 1.165) is 12.8 Å². The van der Waals surface area contributed by atoms with E-state index in [1.807, 2.05) is 20.8 Å². The van der Waals surface area contributed by atoms with Crippen molar-refractivity contribution < 1.29 is 13.2 Å². The number of nitrogens with one attached hydrogen (secondary N) is 2. The van der Waals surface area contributed by atoms with Crippen molar-refractivity contribution >= 4 is 10.0 Å². The van der Waals surface area contributed by atoms with Gasteiger partial charge in [-0.1, -0.05) is 13.8 Å². The van der Waals surface area contributed by atoms with Gasteiger partial charge in [0.1, 0.15) is 0 Å². The molecule has 0 spiro atoms. The summed E-state index contributed by atoms with van der Waals surface area (Å²) in [5, 5.41) is 3.11. The molecule has 1 saturated heterocycles. The average Bonchev–Trinajstić information content (AvgIpc) is 2.15. The van der Waals surface area contributed by atoms with E-state index in [1.54, 1.807) is 0 Å². The summed E-state index contributed by atoms with van der Waals surface area (Å²) in [5.74, 6) is 0.127. The van der Waals surface area contributed by atoms with Gasteiger partial charge in [-0.25, -0.2) is 13.1 Å². The molecule has 6 heteroatoms. The molecule has 1 heterocycles. The van der Waals surface area contributed by atoms with Gasteiger partial charge >= 0.3 is 0 Å². The summed E-state index contributed by atoms with van der Waals surface area (Å²) < 4.78 is 31.8. The number of ether oxygens (including phenoxy) is 1. The van der Waals surface area contributed by atoms with Crippen molar-refractivity contribution in [2.45, 2.75) is 45.2 Å². The third kappa shape index (κ3) is 5.81. The fraction of sp³-hybridized carbons (Fsp3) is 1.00. The van der Waals surface area contributed by atoms with Crippen LogP contribution in [0.2, 0.25) is 0 Å². The number of rotatable bonds is 6. The second-order valence-corrected chi connectivity index (χ2v) is 7.04. The van der Waals surface area contributed by atoms with Crippen LogP contribution in [-0.2, 0) is 14.8 Å². The average molecular weight is 264 g/mol. The van der Waals surface area contributed by atoms with E-state index in [4.69, 9.17) is 4.74 Å². The molecule has 0 amide bonds. The van der Waals surface area contributed by atoms with Crippen molar-refractivity contribution in [1.29, 1.82) is 0 Å². The minimum Gasteiger partial charge on any atom is -0.381 e. The summed E-state index contributed by atoms with van der Waals surface area (Å²) in [4.78, 5) is 0. The maximum atomic E-state index is 11.9. The summed E-state index contributed by atoms with van der Waals surface area (Å²) in [6, 6.07) is 0.309. The summed E-state index contributed by atoms with van der Waals surface area (Å²) in [6.07, 6.45) is 1.48. The van der Waals surface area contributed by atoms with Crippen molar-refractivity contribution in [2.24, 2.45) is 0 Å². The highest BCUT2D eigenvalue weighted by Crippen LogP contribution is 2.20. The Labute approximate surface area is 104 Å². The molecule has 0 bridgehead atoms. The Kier molecular flexibility index (Phi) is 5.37. The number of sulfonamides is 1. The van der Waals surface area contributed by atoms with Gasteiger partial charge in [-0.05, 0) is 19.8 Å². The lowest BCUT2D eigenvalue weighted by Crippen LogP contribution is -2.51. The van der Waals surface area contributed by atoms with Crippen LogP contribution in [0, 0.1) is 0 Å². The van der Waals surface area contributed by atoms with Gasteiger partial charge in [-0.2, -0.15) is 0 Å².